The lowest BCUT2D eigenvalue weighted by Crippen LogP contribution is -2.33. The van der Waals surface area contributed by atoms with Gasteiger partial charge in [-0.2, -0.15) is 11.3 Å². The summed E-state index contributed by atoms with van der Waals surface area (Å²) in [6, 6.07) is 2.04. The van der Waals surface area contributed by atoms with Crippen LogP contribution >= 0.6 is 11.3 Å². The summed E-state index contributed by atoms with van der Waals surface area (Å²) >= 11 is 1.50. The van der Waals surface area contributed by atoms with Crippen LogP contribution in [-0.4, -0.2) is 24.4 Å². The lowest BCUT2D eigenvalue weighted by atomic mass is 10.1. The third-order valence-corrected chi connectivity index (χ3v) is 3.98. The number of amides is 2. The molecule has 0 bridgehead atoms. The smallest absolute Gasteiger partial charge is 0.252 e. The number of rotatable bonds is 10. The molecule has 2 N–H and O–H groups in total. The first kappa shape index (κ1) is 17.7. The zero-order chi connectivity index (χ0) is 15.5. The van der Waals surface area contributed by atoms with Crippen molar-refractivity contribution >= 4 is 23.2 Å². The van der Waals surface area contributed by atoms with Crippen molar-refractivity contribution in [1.82, 2.24) is 10.6 Å². The van der Waals surface area contributed by atoms with Gasteiger partial charge in [-0.1, -0.05) is 26.2 Å². The number of unbranched alkanes of at least 4 members (excludes halogenated alkanes) is 2. The molecule has 0 radical (unpaired) electrons. The number of carbonyl (C=O) groups is 2. The van der Waals surface area contributed by atoms with Crippen molar-refractivity contribution in [2.45, 2.75) is 58.4 Å². The highest BCUT2D eigenvalue weighted by Gasteiger charge is 2.08. The van der Waals surface area contributed by atoms with Crippen LogP contribution in [0.5, 0.6) is 0 Å². The quantitative estimate of drug-likeness (QED) is 0.651. The second-order valence-electron chi connectivity index (χ2n) is 5.34. The van der Waals surface area contributed by atoms with Gasteiger partial charge in [0.05, 0.1) is 0 Å². The normalized spacial score (nSPS) is 11.9. The van der Waals surface area contributed by atoms with E-state index >= 15 is 0 Å². The third kappa shape index (κ3) is 7.85. The van der Waals surface area contributed by atoms with Gasteiger partial charge in [0.15, 0.2) is 0 Å². The lowest BCUT2D eigenvalue weighted by Gasteiger charge is -2.13. The Labute approximate surface area is 131 Å². The maximum Gasteiger partial charge on any atom is 0.252 e. The number of carbonyl (C=O) groups excluding carboxylic acids is 2. The van der Waals surface area contributed by atoms with Crippen LogP contribution in [0.15, 0.2) is 16.8 Å². The van der Waals surface area contributed by atoms with Gasteiger partial charge < -0.3 is 10.6 Å². The van der Waals surface area contributed by atoms with Crippen LogP contribution < -0.4 is 10.6 Å². The van der Waals surface area contributed by atoms with Crippen LogP contribution in [0.3, 0.4) is 0 Å². The minimum atomic E-state index is -0.0652. The van der Waals surface area contributed by atoms with Crippen molar-refractivity contribution in [2.24, 2.45) is 0 Å². The fourth-order valence-corrected chi connectivity index (χ4v) is 2.70. The molecule has 21 heavy (non-hydrogen) atoms. The van der Waals surface area contributed by atoms with Crippen LogP contribution in [0.1, 0.15) is 62.7 Å². The van der Waals surface area contributed by atoms with E-state index in [4.69, 9.17) is 0 Å². The predicted molar refractivity (Wildman–Crippen MR) is 87.6 cm³/mol. The Morgan fingerprint density at radius 1 is 1.29 bits per heavy atom. The summed E-state index contributed by atoms with van der Waals surface area (Å²) in [6.07, 6.45) is 5.74. The van der Waals surface area contributed by atoms with Crippen LogP contribution in [0.2, 0.25) is 0 Å². The van der Waals surface area contributed by atoms with Gasteiger partial charge in [-0.15, -0.1) is 0 Å². The summed E-state index contributed by atoms with van der Waals surface area (Å²) in [5.74, 6) is 0.00775. The van der Waals surface area contributed by atoms with Gasteiger partial charge in [-0.3, -0.25) is 9.59 Å². The average molecular weight is 310 g/mol. The molecule has 1 aromatic rings. The molecule has 0 aromatic carbocycles. The van der Waals surface area contributed by atoms with Gasteiger partial charge in [0, 0.05) is 30.0 Å². The maximum atomic E-state index is 11.7. The molecule has 0 aliphatic carbocycles. The first-order chi connectivity index (χ1) is 10.1. The van der Waals surface area contributed by atoms with Crippen molar-refractivity contribution in [3.8, 4) is 0 Å². The molecule has 5 heteroatoms. The van der Waals surface area contributed by atoms with Crippen LogP contribution in [-0.2, 0) is 4.79 Å². The van der Waals surface area contributed by atoms with Crippen LogP contribution in [0.4, 0.5) is 0 Å². The molecular weight excluding hydrogens is 284 g/mol. The van der Waals surface area contributed by atoms with Gasteiger partial charge in [0.2, 0.25) is 5.91 Å². The summed E-state index contributed by atoms with van der Waals surface area (Å²) in [7, 11) is 0. The van der Waals surface area contributed by atoms with Crippen molar-refractivity contribution in [3.63, 3.8) is 0 Å². The van der Waals surface area contributed by atoms with Crippen LogP contribution in [0.25, 0.3) is 0 Å². The third-order valence-electron chi connectivity index (χ3n) is 3.30. The predicted octanol–water partition coefficient (Wildman–Crippen LogP) is 3.34. The summed E-state index contributed by atoms with van der Waals surface area (Å²) in [4.78, 5) is 23.4. The lowest BCUT2D eigenvalue weighted by molar-refractivity contribution is -0.121. The van der Waals surface area contributed by atoms with E-state index in [0.29, 0.717) is 24.9 Å². The highest BCUT2D eigenvalue weighted by molar-refractivity contribution is 7.08. The molecule has 0 aliphatic rings. The highest BCUT2D eigenvalue weighted by Crippen LogP contribution is 2.05. The van der Waals surface area contributed by atoms with Gasteiger partial charge in [-0.25, -0.2) is 0 Å². The van der Waals surface area contributed by atoms with E-state index in [0.717, 1.165) is 12.8 Å². The van der Waals surface area contributed by atoms with E-state index in [2.05, 4.69) is 17.6 Å². The molecule has 0 saturated carbocycles. The highest BCUT2D eigenvalue weighted by atomic mass is 32.1. The zero-order valence-electron chi connectivity index (χ0n) is 13.0. The Morgan fingerprint density at radius 2 is 2.10 bits per heavy atom. The molecule has 1 rings (SSSR count). The Morgan fingerprint density at radius 3 is 2.76 bits per heavy atom. The number of nitrogens with one attached hydrogen (secondary N) is 2. The average Bonchev–Trinajstić information content (AvgIpc) is 2.98. The molecule has 0 aliphatic heterocycles. The number of hydrogen-bond acceptors (Lipinski definition) is 3. The summed E-state index contributed by atoms with van der Waals surface area (Å²) < 4.78 is 0. The van der Waals surface area contributed by atoms with E-state index < -0.39 is 0 Å². The molecule has 118 valence electrons. The van der Waals surface area contributed by atoms with E-state index in [1.165, 1.54) is 24.2 Å². The fraction of sp³-hybridized carbons (Fsp3) is 0.625. The van der Waals surface area contributed by atoms with Gasteiger partial charge in [0.1, 0.15) is 0 Å². The topological polar surface area (TPSA) is 58.2 Å². The molecular formula is C16H26N2O2S. The second-order valence-corrected chi connectivity index (χ2v) is 6.12. The van der Waals surface area contributed by atoms with E-state index in [1.54, 1.807) is 6.07 Å². The molecule has 4 nitrogen and oxygen atoms in total. The van der Waals surface area contributed by atoms with Crippen LogP contribution in [0, 0.1) is 0 Å². The summed E-state index contributed by atoms with van der Waals surface area (Å²) in [5.41, 5.74) is 0.689. The monoisotopic (exact) mass is 310 g/mol. The Hall–Kier alpha value is -1.36. The molecule has 0 fully saturated rings. The second kappa shape index (κ2) is 10.4. The molecule has 1 unspecified atom stereocenters. The fourth-order valence-electron chi connectivity index (χ4n) is 2.07. The molecule has 1 heterocycles. The van der Waals surface area contributed by atoms with E-state index in [-0.39, 0.29) is 17.9 Å². The molecule has 1 aromatic heterocycles. The summed E-state index contributed by atoms with van der Waals surface area (Å²) in [6.45, 7) is 4.76. The number of thiophene rings is 1. The Kier molecular flexibility index (Phi) is 8.74. The largest absolute Gasteiger partial charge is 0.354 e. The minimum Gasteiger partial charge on any atom is -0.354 e. The van der Waals surface area contributed by atoms with Crippen molar-refractivity contribution < 1.29 is 9.59 Å². The minimum absolute atomic E-state index is 0.0652. The maximum absolute atomic E-state index is 11.7. The molecule has 0 saturated heterocycles. The van der Waals surface area contributed by atoms with Crippen molar-refractivity contribution in [1.29, 1.82) is 0 Å². The standard InChI is InChI=1S/C16H26N2O2S/c1-3-4-5-7-13(2)18-15(19)8-6-10-17-16(20)14-9-11-21-12-14/h9,11-13H,3-8,10H2,1-2H3,(H,17,20)(H,18,19). The first-order valence-electron chi connectivity index (χ1n) is 7.73. The first-order valence-corrected chi connectivity index (χ1v) is 8.67. The van der Waals surface area contributed by atoms with Gasteiger partial charge in [0.25, 0.3) is 5.91 Å². The Bertz CT molecular complexity index is 418. The van der Waals surface area contributed by atoms with E-state index in [1.807, 2.05) is 17.7 Å². The van der Waals surface area contributed by atoms with Crippen molar-refractivity contribution in [3.05, 3.63) is 22.4 Å². The zero-order valence-corrected chi connectivity index (χ0v) is 13.8. The van der Waals surface area contributed by atoms with Crippen molar-refractivity contribution in [2.75, 3.05) is 6.54 Å². The molecule has 1 atom stereocenters. The molecule has 0 spiro atoms. The van der Waals surface area contributed by atoms with Gasteiger partial charge in [-0.05, 0) is 31.2 Å². The SMILES string of the molecule is CCCCCC(C)NC(=O)CCCNC(=O)c1ccsc1. The van der Waals surface area contributed by atoms with Gasteiger partial charge >= 0.3 is 0 Å². The Balaban J connectivity index is 2.06. The number of hydrogen-bond donors (Lipinski definition) is 2. The van der Waals surface area contributed by atoms with E-state index in [9.17, 15) is 9.59 Å². The molecule has 2 amide bonds. The summed E-state index contributed by atoms with van der Waals surface area (Å²) in [5, 5.41) is 9.52.